The maximum Gasteiger partial charge on any atom is 0.243 e. The van der Waals surface area contributed by atoms with Gasteiger partial charge in [-0.1, -0.05) is 35.9 Å². The van der Waals surface area contributed by atoms with Gasteiger partial charge >= 0.3 is 0 Å². The number of anilines is 1. The monoisotopic (exact) mass is 500 g/mol. The van der Waals surface area contributed by atoms with Gasteiger partial charge in [0.15, 0.2) is 5.75 Å². The molecular formula is C25H25ClN2O5S. The third kappa shape index (κ3) is 5.52. The Labute approximate surface area is 204 Å². The van der Waals surface area contributed by atoms with Crippen LogP contribution in [-0.4, -0.2) is 38.8 Å². The van der Waals surface area contributed by atoms with Gasteiger partial charge in [-0.25, -0.2) is 8.42 Å². The van der Waals surface area contributed by atoms with Crippen molar-refractivity contribution in [2.45, 2.75) is 17.7 Å². The Hall–Kier alpha value is -3.07. The number of rotatable bonds is 7. The molecule has 0 saturated carbocycles. The molecule has 4 rings (SSSR count). The van der Waals surface area contributed by atoms with Gasteiger partial charge in [-0.2, -0.15) is 4.31 Å². The van der Waals surface area contributed by atoms with Crippen LogP contribution < -0.4 is 14.8 Å². The number of halogens is 1. The van der Waals surface area contributed by atoms with Crippen LogP contribution in [0, 0.1) is 5.92 Å². The minimum atomic E-state index is -3.67. The summed E-state index contributed by atoms with van der Waals surface area (Å²) < 4.78 is 38.6. The molecule has 0 spiro atoms. The van der Waals surface area contributed by atoms with Gasteiger partial charge < -0.3 is 14.8 Å². The standard InChI is InChI=1S/C25H25ClN2O5S/c1-32-20-8-5-9-21(16-20)33-24-13-12-19(26)15-23(24)27-25(29)18-7-6-14-28(17-18)34(30,31)22-10-3-2-4-11-22/h2-5,8-13,15-16,18H,6-7,14,17H2,1H3,(H,27,29)/t18-/m1/s1. The van der Waals surface area contributed by atoms with Crippen LogP contribution in [0.3, 0.4) is 0 Å². The summed E-state index contributed by atoms with van der Waals surface area (Å²) in [7, 11) is -2.10. The zero-order valence-corrected chi connectivity index (χ0v) is 20.2. The summed E-state index contributed by atoms with van der Waals surface area (Å²) in [4.78, 5) is 13.4. The molecule has 7 nitrogen and oxygen atoms in total. The average molecular weight is 501 g/mol. The molecule has 1 heterocycles. The van der Waals surface area contributed by atoms with E-state index in [1.165, 1.54) is 4.31 Å². The van der Waals surface area contributed by atoms with Crippen LogP contribution in [-0.2, 0) is 14.8 Å². The van der Waals surface area contributed by atoms with Crippen LogP contribution in [0.15, 0.2) is 77.7 Å². The lowest BCUT2D eigenvalue weighted by molar-refractivity contribution is -0.120. The number of hydrogen-bond acceptors (Lipinski definition) is 5. The van der Waals surface area contributed by atoms with Crippen molar-refractivity contribution in [3.05, 3.63) is 77.8 Å². The van der Waals surface area contributed by atoms with E-state index in [1.54, 1.807) is 79.9 Å². The summed E-state index contributed by atoms with van der Waals surface area (Å²) >= 11 is 6.17. The van der Waals surface area contributed by atoms with Gasteiger partial charge in [-0.05, 0) is 55.3 Å². The number of methoxy groups -OCH3 is 1. The molecule has 178 valence electrons. The molecule has 1 aliphatic rings. The summed E-state index contributed by atoms with van der Waals surface area (Å²) in [5.41, 5.74) is 0.406. The number of benzene rings is 3. The van der Waals surface area contributed by atoms with Crippen LogP contribution in [0.1, 0.15) is 12.8 Å². The number of amides is 1. The minimum absolute atomic E-state index is 0.107. The predicted molar refractivity (Wildman–Crippen MR) is 131 cm³/mol. The predicted octanol–water partition coefficient (Wildman–Crippen LogP) is 5.18. The fourth-order valence-electron chi connectivity index (χ4n) is 3.83. The SMILES string of the molecule is COc1cccc(Oc2ccc(Cl)cc2NC(=O)[C@@H]2CCCN(S(=O)(=O)c3ccccc3)C2)c1. The highest BCUT2D eigenvalue weighted by atomic mass is 35.5. The van der Waals surface area contributed by atoms with E-state index in [0.29, 0.717) is 47.3 Å². The van der Waals surface area contributed by atoms with Gasteiger partial charge in [0.1, 0.15) is 11.5 Å². The molecule has 0 unspecified atom stereocenters. The fourth-order valence-corrected chi connectivity index (χ4v) is 5.55. The maximum atomic E-state index is 13.1. The topological polar surface area (TPSA) is 84.9 Å². The number of nitrogens with zero attached hydrogens (tertiary/aromatic N) is 1. The van der Waals surface area contributed by atoms with Gasteiger partial charge in [0.05, 0.1) is 23.6 Å². The van der Waals surface area contributed by atoms with Crippen molar-refractivity contribution in [1.29, 1.82) is 0 Å². The first-order chi connectivity index (χ1) is 16.4. The third-order valence-electron chi connectivity index (χ3n) is 5.60. The van der Waals surface area contributed by atoms with Crippen molar-refractivity contribution in [2.24, 2.45) is 5.92 Å². The summed E-state index contributed by atoms with van der Waals surface area (Å²) in [6, 6.07) is 20.3. The number of piperidine rings is 1. The summed E-state index contributed by atoms with van der Waals surface area (Å²) in [5, 5.41) is 3.32. The van der Waals surface area contributed by atoms with Crippen molar-refractivity contribution >= 4 is 33.2 Å². The van der Waals surface area contributed by atoms with Crippen LogP contribution in [0.5, 0.6) is 17.2 Å². The molecule has 0 aromatic heterocycles. The normalized spacial score (nSPS) is 16.6. The lowest BCUT2D eigenvalue weighted by Crippen LogP contribution is -2.43. The van der Waals surface area contributed by atoms with Gasteiger partial charge in [0.2, 0.25) is 15.9 Å². The van der Waals surface area contributed by atoms with Crippen LogP contribution in [0.25, 0.3) is 0 Å². The maximum absolute atomic E-state index is 13.1. The first-order valence-corrected chi connectivity index (χ1v) is 12.7. The number of sulfonamides is 1. The van der Waals surface area contributed by atoms with Gasteiger partial charge in [-0.3, -0.25) is 4.79 Å². The molecule has 3 aromatic rings. The molecule has 3 aromatic carbocycles. The summed E-state index contributed by atoms with van der Waals surface area (Å²) in [6.07, 6.45) is 1.17. The highest BCUT2D eigenvalue weighted by Crippen LogP contribution is 2.34. The third-order valence-corrected chi connectivity index (χ3v) is 7.72. The van der Waals surface area contributed by atoms with Crippen LogP contribution >= 0.6 is 11.6 Å². The molecule has 9 heteroatoms. The van der Waals surface area contributed by atoms with Crippen molar-refractivity contribution in [3.8, 4) is 17.2 Å². The van der Waals surface area contributed by atoms with E-state index in [-0.39, 0.29) is 17.3 Å². The minimum Gasteiger partial charge on any atom is -0.497 e. The van der Waals surface area contributed by atoms with Crippen molar-refractivity contribution in [3.63, 3.8) is 0 Å². The Morgan fingerprint density at radius 1 is 1.03 bits per heavy atom. The van der Waals surface area contributed by atoms with Gasteiger partial charge in [0.25, 0.3) is 0 Å². The Morgan fingerprint density at radius 3 is 2.56 bits per heavy atom. The lowest BCUT2D eigenvalue weighted by Gasteiger charge is -2.31. The van der Waals surface area contributed by atoms with Gasteiger partial charge in [-0.15, -0.1) is 0 Å². The quantitative estimate of drug-likeness (QED) is 0.483. The molecule has 34 heavy (non-hydrogen) atoms. The van der Waals surface area contributed by atoms with Crippen LogP contribution in [0.4, 0.5) is 5.69 Å². The molecule has 0 bridgehead atoms. The highest BCUT2D eigenvalue weighted by molar-refractivity contribution is 7.89. The van der Waals surface area contributed by atoms with E-state index in [4.69, 9.17) is 21.1 Å². The smallest absolute Gasteiger partial charge is 0.243 e. The zero-order valence-electron chi connectivity index (χ0n) is 18.6. The molecule has 1 saturated heterocycles. The van der Waals surface area contributed by atoms with Crippen molar-refractivity contribution in [1.82, 2.24) is 4.31 Å². The van der Waals surface area contributed by atoms with Gasteiger partial charge in [0, 0.05) is 24.2 Å². The number of carbonyl (C=O) groups excluding carboxylic acids is 1. The number of ether oxygens (including phenoxy) is 2. The van der Waals surface area contributed by atoms with E-state index >= 15 is 0 Å². The van der Waals surface area contributed by atoms with E-state index in [0.717, 1.165) is 0 Å². The zero-order chi connectivity index (χ0) is 24.1. The Morgan fingerprint density at radius 2 is 1.79 bits per heavy atom. The second-order valence-corrected chi connectivity index (χ2v) is 10.3. The van der Waals surface area contributed by atoms with E-state index < -0.39 is 15.9 Å². The van der Waals surface area contributed by atoms with Crippen molar-refractivity contribution in [2.75, 3.05) is 25.5 Å². The van der Waals surface area contributed by atoms with Crippen LogP contribution in [0.2, 0.25) is 5.02 Å². The molecule has 0 aliphatic carbocycles. The first kappa shape index (κ1) is 24.1. The van der Waals surface area contributed by atoms with E-state index in [1.807, 2.05) is 0 Å². The fraction of sp³-hybridized carbons (Fsp3) is 0.240. The Balaban J connectivity index is 1.50. The lowest BCUT2D eigenvalue weighted by atomic mass is 9.98. The second-order valence-electron chi connectivity index (χ2n) is 7.93. The molecule has 1 aliphatic heterocycles. The molecule has 1 amide bonds. The summed E-state index contributed by atoms with van der Waals surface area (Å²) in [6.45, 7) is 0.484. The highest BCUT2D eigenvalue weighted by Gasteiger charge is 2.33. The molecule has 0 radical (unpaired) electrons. The average Bonchev–Trinajstić information content (AvgIpc) is 2.86. The molecule has 1 fully saturated rings. The summed E-state index contributed by atoms with van der Waals surface area (Å²) in [5.74, 6) is 0.797. The Bertz CT molecular complexity index is 1270. The van der Waals surface area contributed by atoms with E-state index in [9.17, 15) is 13.2 Å². The van der Waals surface area contributed by atoms with Crippen molar-refractivity contribution < 1.29 is 22.7 Å². The number of hydrogen-bond donors (Lipinski definition) is 1. The Kier molecular flexibility index (Phi) is 7.41. The van der Waals surface area contributed by atoms with E-state index in [2.05, 4.69) is 5.32 Å². The number of nitrogens with one attached hydrogen (secondary N) is 1. The number of carbonyl (C=O) groups is 1. The molecular weight excluding hydrogens is 476 g/mol. The molecule has 1 atom stereocenters. The first-order valence-electron chi connectivity index (χ1n) is 10.8. The molecule has 1 N–H and O–H groups in total. The largest absolute Gasteiger partial charge is 0.497 e. The second kappa shape index (κ2) is 10.5.